The van der Waals surface area contributed by atoms with E-state index in [2.05, 4.69) is 22.1 Å². The molecule has 0 aliphatic rings. The predicted molar refractivity (Wildman–Crippen MR) is 74.7 cm³/mol. The monoisotopic (exact) mass is 295 g/mol. The first-order valence-corrected chi connectivity index (χ1v) is 7.34. The maximum Gasteiger partial charge on any atom is 0.313 e. The lowest BCUT2D eigenvalue weighted by molar-refractivity contribution is -0.133. The van der Waals surface area contributed by atoms with Crippen LogP contribution in [0.25, 0.3) is 0 Å². The molecule has 8 heteroatoms. The van der Waals surface area contributed by atoms with Gasteiger partial charge in [-0.1, -0.05) is 18.7 Å². The highest BCUT2D eigenvalue weighted by Crippen LogP contribution is 2.23. The summed E-state index contributed by atoms with van der Waals surface area (Å²) in [6, 6.07) is 0.130. The van der Waals surface area contributed by atoms with Gasteiger partial charge in [0.1, 0.15) is 5.82 Å². The molecule has 1 N–H and O–H groups in total. The van der Waals surface area contributed by atoms with Crippen molar-refractivity contribution in [3.05, 3.63) is 24.5 Å². The van der Waals surface area contributed by atoms with E-state index in [0.717, 1.165) is 18.8 Å². The second-order valence-corrected chi connectivity index (χ2v) is 5.36. The van der Waals surface area contributed by atoms with Gasteiger partial charge in [0.25, 0.3) is 0 Å². The Morgan fingerprint density at radius 1 is 1.50 bits per heavy atom. The molecule has 0 aliphatic carbocycles. The third kappa shape index (κ3) is 3.38. The first-order chi connectivity index (χ1) is 9.61. The Labute approximate surface area is 121 Å². The molecular weight excluding hydrogens is 278 g/mol. The number of carbonyl (C=O) groups is 1. The minimum Gasteiger partial charge on any atom is -0.481 e. The van der Waals surface area contributed by atoms with Crippen LogP contribution in [0, 0.1) is 0 Å². The molecule has 108 valence electrons. The Morgan fingerprint density at radius 2 is 2.30 bits per heavy atom. The molecule has 2 heterocycles. The predicted octanol–water partition coefficient (Wildman–Crippen LogP) is 1.47. The van der Waals surface area contributed by atoms with Crippen LogP contribution in [0.4, 0.5) is 0 Å². The van der Waals surface area contributed by atoms with Crippen LogP contribution in [0.3, 0.4) is 0 Å². The minimum absolute atomic E-state index is 0.0142. The van der Waals surface area contributed by atoms with Crippen LogP contribution in [0.5, 0.6) is 0 Å². The largest absolute Gasteiger partial charge is 0.481 e. The van der Waals surface area contributed by atoms with Gasteiger partial charge < -0.3 is 14.2 Å². The molecule has 1 atom stereocenters. The summed E-state index contributed by atoms with van der Waals surface area (Å²) in [6.45, 7) is 4.81. The number of carboxylic acids is 1. The van der Waals surface area contributed by atoms with Gasteiger partial charge in [-0.2, -0.15) is 0 Å². The zero-order valence-corrected chi connectivity index (χ0v) is 12.2. The molecule has 0 aromatic carbocycles. The van der Waals surface area contributed by atoms with Crippen LogP contribution in [-0.4, -0.2) is 41.1 Å². The molecule has 2 rings (SSSR count). The van der Waals surface area contributed by atoms with E-state index in [4.69, 9.17) is 5.11 Å². The van der Waals surface area contributed by atoms with E-state index in [1.165, 1.54) is 11.8 Å². The van der Waals surface area contributed by atoms with Gasteiger partial charge in [-0.25, -0.2) is 4.98 Å². The summed E-state index contributed by atoms with van der Waals surface area (Å²) in [5, 5.41) is 17.7. The van der Waals surface area contributed by atoms with E-state index in [-0.39, 0.29) is 11.8 Å². The highest BCUT2D eigenvalue weighted by atomic mass is 32.2. The van der Waals surface area contributed by atoms with Gasteiger partial charge in [-0.05, 0) is 6.92 Å². The Bertz CT molecular complexity index is 566. The van der Waals surface area contributed by atoms with Gasteiger partial charge in [0.2, 0.25) is 0 Å². The van der Waals surface area contributed by atoms with E-state index in [0.29, 0.717) is 5.16 Å². The molecule has 1 unspecified atom stereocenters. The van der Waals surface area contributed by atoms with E-state index < -0.39 is 5.97 Å². The first kappa shape index (κ1) is 14.6. The van der Waals surface area contributed by atoms with Crippen LogP contribution >= 0.6 is 11.8 Å². The zero-order chi connectivity index (χ0) is 14.5. The fourth-order valence-electron chi connectivity index (χ4n) is 2.00. The lowest BCUT2D eigenvalue weighted by atomic mass is 10.3. The fourth-order valence-corrected chi connectivity index (χ4v) is 2.77. The number of aromatic nitrogens is 5. The fraction of sp³-hybridized carbons (Fsp3) is 0.500. The molecule has 0 aliphatic heterocycles. The third-order valence-electron chi connectivity index (χ3n) is 2.85. The molecule has 0 amide bonds. The zero-order valence-electron chi connectivity index (χ0n) is 11.4. The maximum absolute atomic E-state index is 10.7. The molecule has 0 bridgehead atoms. The van der Waals surface area contributed by atoms with Crippen LogP contribution in [0.2, 0.25) is 0 Å². The summed E-state index contributed by atoms with van der Waals surface area (Å²) in [4.78, 5) is 14.7. The quantitative estimate of drug-likeness (QED) is 0.779. The van der Waals surface area contributed by atoms with E-state index in [9.17, 15) is 4.79 Å². The van der Waals surface area contributed by atoms with Crippen LogP contribution in [-0.2, 0) is 17.8 Å². The molecule has 2 aromatic rings. The molecule has 2 aromatic heterocycles. The van der Waals surface area contributed by atoms with Crippen molar-refractivity contribution in [2.45, 2.75) is 38.0 Å². The summed E-state index contributed by atoms with van der Waals surface area (Å²) in [5.41, 5.74) is 0. The summed E-state index contributed by atoms with van der Waals surface area (Å²) >= 11 is 1.20. The Kier molecular flexibility index (Phi) is 4.78. The van der Waals surface area contributed by atoms with Crippen molar-refractivity contribution < 1.29 is 9.90 Å². The van der Waals surface area contributed by atoms with Crippen molar-refractivity contribution >= 4 is 17.7 Å². The van der Waals surface area contributed by atoms with Crippen molar-refractivity contribution in [1.82, 2.24) is 24.3 Å². The molecule has 0 saturated carbocycles. The van der Waals surface area contributed by atoms with Crippen molar-refractivity contribution in [3.63, 3.8) is 0 Å². The standard InChI is InChI=1S/C12H17N5O2S/c1-3-10-14-15-12(20-7-11(18)19)17(10)9(2)6-16-5-4-13-8-16/h4-5,8-9H,3,6-7H2,1-2H3,(H,18,19). The van der Waals surface area contributed by atoms with Crippen LogP contribution in [0.15, 0.2) is 23.9 Å². The highest BCUT2D eigenvalue weighted by Gasteiger charge is 2.18. The lowest BCUT2D eigenvalue weighted by Gasteiger charge is -2.17. The Balaban J connectivity index is 2.18. The van der Waals surface area contributed by atoms with Gasteiger partial charge in [0.15, 0.2) is 5.16 Å². The number of thioether (sulfide) groups is 1. The van der Waals surface area contributed by atoms with Crippen LogP contribution < -0.4 is 0 Å². The minimum atomic E-state index is -0.857. The average molecular weight is 295 g/mol. The summed E-state index contributed by atoms with van der Waals surface area (Å²) in [6.07, 6.45) is 6.15. The number of aryl methyl sites for hydroxylation is 1. The number of hydrogen-bond acceptors (Lipinski definition) is 5. The first-order valence-electron chi connectivity index (χ1n) is 6.36. The second kappa shape index (κ2) is 6.56. The number of hydrogen-bond donors (Lipinski definition) is 1. The molecule has 7 nitrogen and oxygen atoms in total. The summed E-state index contributed by atoms with van der Waals surface area (Å²) < 4.78 is 3.99. The number of carboxylic acid groups (broad SMARTS) is 1. The molecular formula is C12H17N5O2S. The van der Waals surface area contributed by atoms with Crippen LogP contribution in [0.1, 0.15) is 25.7 Å². The molecule has 0 fully saturated rings. The number of aliphatic carboxylic acids is 1. The number of nitrogens with zero attached hydrogens (tertiary/aromatic N) is 5. The highest BCUT2D eigenvalue weighted by molar-refractivity contribution is 7.99. The Morgan fingerprint density at radius 3 is 2.90 bits per heavy atom. The maximum atomic E-state index is 10.7. The molecule has 0 radical (unpaired) electrons. The Hall–Kier alpha value is -1.83. The van der Waals surface area contributed by atoms with Crippen molar-refractivity contribution in [1.29, 1.82) is 0 Å². The summed E-state index contributed by atoms with van der Waals surface area (Å²) in [7, 11) is 0. The van der Waals surface area contributed by atoms with E-state index >= 15 is 0 Å². The van der Waals surface area contributed by atoms with Gasteiger partial charge in [0, 0.05) is 25.4 Å². The molecule has 20 heavy (non-hydrogen) atoms. The van der Waals surface area contributed by atoms with E-state index in [1.54, 1.807) is 12.5 Å². The van der Waals surface area contributed by atoms with Gasteiger partial charge in [0.05, 0.1) is 18.1 Å². The molecule has 0 saturated heterocycles. The number of imidazole rings is 1. The van der Waals surface area contributed by atoms with Gasteiger partial charge in [-0.15, -0.1) is 10.2 Å². The van der Waals surface area contributed by atoms with Crippen molar-refractivity contribution in [2.75, 3.05) is 5.75 Å². The third-order valence-corrected chi connectivity index (χ3v) is 3.78. The van der Waals surface area contributed by atoms with Gasteiger partial charge >= 0.3 is 5.97 Å². The SMILES string of the molecule is CCc1nnc(SCC(=O)O)n1C(C)Cn1ccnc1. The van der Waals surface area contributed by atoms with Crippen molar-refractivity contribution in [2.24, 2.45) is 0 Å². The average Bonchev–Trinajstić information content (AvgIpc) is 3.04. The van der Waals surface area contributed by atoms with E-state index in [1.807, 2.05) is 22.3 Å². The normalized spacial score (nSPS) is 12.5. The number of rotatable bonds is 7. The summed E-state index contributed by atoms with van der Waals surface area (Å²) in [5.74, 6) is -0.00465. The van der Waals surface area contributed by atoms with Gasteiger partial charge in [-0.3, -0.25) is 4.79 Å². The molecule has 0 spiro atoms. The van der Waals surface area contributed by atoms with Crippen molar-refractivity contribution in [3.8, 4) is 0 Å². The smallest absolute Gasteiger partial charge is 0.313 e. The topological polar surface area (TPSA) is 85.8 Å². The lowest BCUT2D eigenvalue weighted by Crippen LogP contribution is -2.16. The second-order valence-electron chi connectivity index (χ2n) is 4.41.